The average molecular weight is 233 g/mol. The van der Waals surface area contributed by atoms with Crippen LogP contribution >= 0.6 is 0 Å². The highest BCUT2D eigenvalue weighted by Gasteiger charge is 2.34. The fourth-order valence-electron chi connectivity index (χ4n) is 2.41. The molecule has 0 aliphatic carbocycles. The van der Waals surface area contributed by atoms with Gasteiger partial charge >= 0.3 is 0 Å². The van der Waals surface area contributed by atoms with Crippen LogP contribution in [0.15, 0.2) is 24.3 Å². The zero-order valence-electron chi connectivity index (χ0n) is 10.4. The van der Waals surface area contributed by atoms with Gasteiger partial charge in [0.2, 0.25) is 5.91 Å². The van der Waals surface area contributed by atoms with Crippen LogP contribution in [0.1, 0.15) is 30.9 Å². The Hall–Kier alpha value is -1.35. The molecule has 1 aromatic rings. The predicted octanol–water partition coefficient (Wildman–Crippen LogP) is 1.82. The predicted molar refractivity (Wildman–Crippen MR) is 66.6 cm³/mol. The van der Waals surface area contributed by atoms with E-state index in [4.69, 9.17) is 0 Å². The Bertz CT molecular complexity index is 420. The second-order valence-electron chi connectivity index (χ2n) is 4.91. The number of aliphatic hydroxyl groups is 1. The number of hydrogen-bond donors (Lipinski definition) is 1. The molecule has 2 rings (SSSR count). The quantitative estimate of drug-likeness (QED) is 0.804. The number of carbonyl (C=O) groups is 1. The fourth-order valence-corrected chi connectivity index (χ4v) is 2.41. The Morgan fingerprint density at radius 2 is 2.00 bits per heavy atom. The van der Waals surface area contributed by atoms with E-state index in [9.17, 15) is 9.90 Å². The molecule has 0 unspecified atom stereocenters. The molecule has 1 fully saturated rings. The van der Waals surface area contributed by atoms with Crippen molar-refractivity contribution in [2.45, 2.75) is 32.3 Å². The molecule has 0 radical (unpaired) electrons. The molecule has 1 aromatic carbocycles. The molecule has 92 valence electrons. The van der Waals surface area contributed by atoms with E-state index >= 15 is 0 Å². The van der Waals surface area contributed by atoms with Gasteiger partial charge in [0.05, 0.1) is 5.60 Å². The van der Waals surface area contributed by atoms with Gasteiger partial charge in [0.25, 0.3) is 0 Å². The largest absolute Gasteiger partial charge is 0.385 e. The molecule has 0 bridgehead atoms. The molecule has 1 saturated heterocycles. The molecule has 0 spiro atoms. The first-order valence-electron chi connectivity index (χ1n) is 6.06. The van der Waals surface area contributed by atoms with Crippen molar-refractivity contribution in [3.8, 4) is 0 Å². The number of benzene rings is 1. The van der Waals surface area contributed by atoms with Crippen molar-refractivity contribution in [3.05, 3.63) is 35.4 Å². The van der Waals surface area contributed by atoms with Gasteiger partial charge in [0, 0.05) is 20.0 Å². The Morgan fingerprint density at radius 1 is 1.35 bits per heavy atom. The van der Waals surface area contributed by atoms with Crippen LogP contribution in [0.2, 0.25) is 0 Å². The van der Waals surface area contributed by atoms with Gasteiger partial charge in [-0.1, -0.05) is 29.8 Å². The van der Waals surface area contributed by atoms with E-state index in [0.29, 0.717) is 25.9 Å². The normalized spacial score (nSPS) is 19.1. The third kappa shape index (κ3) is 2.50. The summed E-state index contributed by atoms with van der Waals surface area (Å²) in [7, 11) is 0. The van der Waals surface area contributed by atoms with Crippen LogP contribution in [0, 0.1) is 6.92 Å². The van der Waals surface area contributed by atoms with Crippen LogP contribution in [-0.4, -0.2) is 29.0 Å². The minimum Gasteiger partial charge on any atom is -0.385 e. The molecule has 0 atom stereocenters. The number of rotatable bonds is 1. The molecular weight excluding hydrogens is 214 g/mol. The zero-order valence-corrected chi connectivity index (χ0v) is 10.4. The Balaban J connectivity index is 2.14. The van der Waals surface area contributed by atoms with E-state index in [-0.39, 0.29) is 5.91 Å². The summed E-state index contributed by atoms with van der Waals surface area (Å²) in [5.74, 6) is 0.0938. The van der Waals surface area contributed by atoms with Crippen LogP contribution < -0.4 is 0 Å². The highest BCUT2D eigenvalue weighted by Crippen LogP contribution is 2.33. The third-order valence-corrected chi connectivity index (χ3v) is 3.59. The second-order valence-corrected chi connectivity index (χ2v) is 4.91. The Labute approximate surface area is 102 Å². The summed E-state index contributed by atoms with van der Waals surface area (Å²) in [6.07, 6.45) is 1.24. The Kier molecular flexibility index (Phi) is 3.20. The summed E-state index contributed by atoms with van der Waals surface area (Å²) in [5, 5.41) is 10.6. The summed E-state index contributed by atoms with van der Waals surface area (Å²) in [4.78, 5) is 13.0. The lowest BCUT2D eigenvalue weighted by atomic mass is 9.84. The van der Waals surface area contributed by atoms with Crippen LogP contribution in [0.4, 0.5) is 0 Å². The molecule has 0 saturated carbocycles. The number of hydrogen-bond acceptors (Lipinski definition) is 2. The van der Waals surface area contributed by atoms with Crippen molar-refractivity contribution in [2.24, 2.45) is 0 Å². The van der Waals surface area contributed by atoms with E-state index in [1.165, 1.54) is 0 Å². The van der Waals surface area contributed by atoms with Crippen molar-refractivity contribution >= 4 is 5.91 Å². The maximum atomic E-state index is 11.2. The number of nitrogens with zero attached hydrogens (tertiary/aromatic N) is 1. The molecule has 1 N–H and O–H groups in total. The van der Waals surface area contributed by atoms with Gasteiger partial charge in [-0.25, -0.2) is 0 Å². The molecule has 0 aromatic heterocycles. The Morgan fingerprint density at radius 3 is 2.53 bits per heavy atom. The number of carbonyl (C=O) groups excluding carboxylic acids is 1. The second kappa shape index (κ2) is 4.49. The lowest BCUT2D eigenvalue weighted by Crippen LogP contribution is -2.44. The van der Waals surface area contributed by atoms with Gasteiger partial charge in [0.1, 0.15) is 0 Å². The molecular formula is C14H19NO2. The van der Waals surface area contributed by atoms with E-state index in [2.05, 4.69) is 0 Å². The van der Waals surface area contributed by atoms with Crippen LogP contribution in [0.25, 0.3) is 0 Å². The number of amides is 1. The summed E-state index contributed by atoms with van der Waals surface area (Å²) >= 11 is 0. The average Bonchev–Trinajstić information content (AvgIpc) is 2.29. The highest BCUT2D eigenvalue weighted by molar-refractivity contribution is 5.73. The van der Waals surface area contributed by atoms with E-state index in [1.807, 2.05) is 31.2 Å². The van der Waals surface area contributed by atoms with Crippen LogP contribution in [0.3, 0.4) is 0 Å². The van der Waals surface area contributed by atoms with E-state index in [1.54, 1.807) is 11.8 Å². The van der Waals surface area contributed by atoms with Crippen LogP contribution in [0.5, 0.6) is 0 Å². The summed E-state index contributed by atoms with van der Waals surface area (Å²) in [6.45, 7) is 4.88. The van der Waals surface area contributed by atoms with E-state index in [0.717, 1.165) is 11.1 Å². The lowest BCUT2D eigenvalue weighted by molar-refractivity contribution is -0.133. The summed E-state index contributed by atoms with van der Waals surface area (Å²) < 4.78 is 0. The zero-order chi connectivity index (χ0) is 12.5. The first kappa shape index (κ1) is 12.1. The van der Waals surface area contributed by atoms with Gasteiger partial charge in [-0.05, 0) is 25.3 Å². The van der Waals surface area contributed by atoms with Gasteiger partial charge in [-0.15, -0.1) is 0 Å². The van der Waals surface area contributed by atoms with Gasteiger partial charge in [-0.3, -0.25) is 4.79 Å². The molecule has 1 amide bonds. The molecule has 3 nitrogen and oxygen atoms in total. The molecule has 17 heavy (non-hydrogen) atoms. The molecule has 1 aliphatic heterocycles. The van der Waals surface area contributed by atoms with Crippen LogP contribution in [-0.2, 0) is 10.4 Å². The minimum absolute atomic E-state index is 0.0938. The number of piperidine rings is 1. The summed E-state index contributed by atoms with van der Waals surface area (Å²) in [6, 6.07) is 8.00. The van der Waals surface area contributed by atoms with Crippen molar-refractivity contribution in [3.63, 3.8) is 0 Å². The summed E-state index contributed by atoms with van der Waals surface area (Å²) in [5.41, 5.74) is 1.36. The SMILES string of the molecule is CC(=O)N1CCC(O)(c2cccc(C)c2)CC1. The maximum Gasteiger partial charge on any atom is 0.219 e. The van der Waals surface area contributed by atoms with Crippen molar-refractivity contribution in [1.29, 1.82) is 0 Å². The van der Waals surface area contributed by atoms with E-state index < -0.39 is 5.60 Å². The van der Waals surface area contributed by atoms with Gasteiger partial charge < -0.3 is 10.0 Å². The molecule has 1 heterocycles. The van der Waals surface area contributed by atoms with Gasteiger partial charge in [-0.2, -0.15) is 0 Å². The number of likely N-dealkylation sites (tertiary alicyclic amines) is 1. The van der Waals surface area contributed by atoms with Crippen molar-refractivity contribution in [2.75, 3.05) is 13.1 Å². The van der Waals surface area contributed by atoms with Gasteiger partial charge in [0.15, 0.2) is 0 Å². The van der Waals surface area contributed by atoms with Crippen molar-refractivity contribution < 1.29 is 9.90 Å². The first-order chi connectivity index (χ1) is 8.01. The minimum atomic E-state index is -0.766. The number of aryl methyl sites for hydroxylation is 1. The monoisotopic (exact) mass is 233 g/mol. The first-order valence-corrected chi connectivity index (χ1v) is 6.06. The smallest absolute Gasteiger partial charge is 0.219 e. The molecule has 3 heteroatoms. The molecule has 1 aliphatic rings. The maximum absolute atomic E-state index is 11.2. The lowest BCUT2D eigenvalue weighted by Gasteiger charge is -2.38. The highest BCUT2D eigenvalue weighted by atomic mass is 16.3. The fraction of sp³-hybridized carbons (Fsp3) is 0.500. The van der Waals surface area contributed by atoms with Crippen molar-refractivity contribution in [1.82, 2.24) is 4.90 Å². The topological polar surface area (TPSA) is 40.5 Å². The standard InChI is InChI=1S/C14H19NO2/c1-11-4-3-5-13(10-11)14(17)6-8-15(9-7-14)12(2)16/h3-5,10,17H,6-9H2,1-2H3. The third-order valence-electron chi connectivity index (χ3n) is 3.59.